The maximum Gasteiger partial charge on any atom is 0.337 e. The topological polar surface area (TPSA) is 85.2 Å². The highest BCUT2D eigenvalue weighted by molar-refractivity contribution is 5.94. The third kappa shape index (κ3) is 2.89. The van der Waals surface area contributed by atoms with Crippen molar-refractivity contribution in [2.75, 3.05) is 0 Å². The summed E-state index contributed by atoms with van der Waals surface area (Å²) in [5, 5.41) is 1.00. The summed E-state index contributed by atoms with van der Waals surface area (Å²) in [4.78, 5) is 25.6. The van der Waals surface area contributed by atoms with Gasteiger partial charge in [0.2, 0.25) is 0 Å². The lowest BCUT2D eigenvalue weighted by Crippen LogP contribution is -2.35. The van der Waals surface area contributed by atoms with Crippen LogP contribution in [0.15, 0.2) is 43.1 Å². The lowest BCUT2D eigenvalue weighted by molar-refractivity contribution is -0.157. The van der Waals surface area contributed by atoms with Crippen LogP contribution in [0.1, 0.15) is 5.56 Å². The van der Waals surface area contributed by atoms with Crippen LogP contribution in [0.2, 0.25) is 0 Å². The SMILES string of the molecule is C=CC(=O)OC(=O)[C@@H](N)Cc1c[nH]c2ccccc12. The Morgan fingerprint density at radius 3 is 2.89 bits per heavy atom. The molecule has 0 aliphatic heterocycles. The molecule has 0 spiro atoms. The van der Waals surface area contributed by atoms with Crippen LogP contribution < -0.4 is 5.73 Å². The van der Waals surface area contributed by atoms with Crippen molar-refractivity contribution in [3.63, 3.8) is 0 Å². The minimum Gasteiger partial charge on any atom is -0.389 e. The number of aromatic amines is 1. The number of ether oxygens (including phenoxy) is 1. The number of nitrogens with one attached hydrogen (secondary N) is 1. The average molecular weight is 258 g/mol. The summed E-state index contributed by atoms with van der Waals surface area (Å²) >= 11 is 0. The third-order valence-electron chi connectivity index (χ3n) is 2.79. The second-order valence-corrected chi connectivity index (χ2v) is 4.11. The maximum atomic E-state index is 11.5. The Labute approximate surface area is 110 Å². The predicted octanol–water partition coefficient (Wildman–Crippen LogP) is 1.29. The number of hydrogen-bond donors (Lipinski definition) is 2. The predicted molar refractivity (Wildman–Crippen MR) is 71.3 cm³/mol. The van der Waals surface area contributed by atoms with Gasteiger partial charge in [0.1, 0.15) is 6.04 Å². The number of fused-ring (bicyclic) bond motifs is 1. The van der Waals surface area contributed by atoms with Crippen LogP contribution in [0, 0.1) is 0 Å². The van der Waals surface area contributed by atoms with Gasteiger partial charge in [-0.15, -0.1) is 0 Å². The minimum atomic E-state index is -0.886. The van der Waals surface area contributed by atoms with Crippen molar-refractivity contribution in [2.45, 2.75) is 12.5 Å². The van der Waals surface area contributed by atoms with Gasteiger partial charge >= 0.3 is 11.9 Å². The highest BCUT2D eigenvalue weighted by atomic mass is 16.6. The number of aromatic nitrogens is 1. The highest BCUT2D eigenvalue weighted by Crippen LogP contribution is 2.18. The molecule has 0 unspecified atom stereocenters. The molecule has 5 heteroatoms. The van der Waals surface area contributed by atoms with Gasteiger partial charge < -0.3 is 15.5 Å². The quantitative estimate of drug-likeness (QED) is 0.491. The minimum absolute atomic E-state index is 0.299. The van der Waals surface area contributed by atoms with Crippen molar-refractivity contribution in [3.05, 3.63) is 48.7 Å². The highest BCUT2D eigenvalue weighted by Gasteiger charge is 2.19. The van der Waals surface area contributed by atoms with Gasteiger partial charge in [-0.25, -0.2) is 9.59 Å². The number of hydrogen-bond acceptors (Lipinski definition) is 4. The molecule has 1 heterocycles. The molecule has 0 aliphatic rings. The van der Waals surface area contributed by atoms with Crippen LogP contribution in [-0.2, 0) is 20.7 Å². The van der Waals surface area contributed by atoms with E-state index in [1.54, 1.807) is 6.20 Å². The van der Waals surface area contributed by atoms with E-state index in [0.717, 1.165) is 22.5 Å². The van der Waals surface area contributed by atoms with Crippen molar-refractivity contribution in [1.82, 2.24) is 4.98 Å². The van der Waals surface area contributed by atoms with Crippen LogP contribution in [0.3, 0.4) is 0 Å². The molecule has 0 saturated heterocycles. The Kier molecular flexibility index (Phi) is 3.77. The van der Waals surface area contributed by atoms with Gasteiger partial charge in [0, 0.05) is 29.6 Å². The fraction of sp³-hybridized carbons (Fsp3) is 0.143. The number of esters is 2. The molecule has 0 aliphatic carbocycles. The monoisotopic (exact) mass is 258 g/mol. The molecular weight excluding hydrogens is 244 g/mol. The van der Waals surface area contributed by atoms with E-state index in [1.807, 2.05) is 24.3 Å². The number of carbonyl (C=O) groups is 2. The number of nitrogens with two attached hydrogens (primary N) is 1. The number of rotatable bonds is 4. The molecule has 5 nitrogen and oxygen atoms in total. The summed E-state index contributed by atoms with van der Waals surface area (Å²) in [6, 6.07) is 6.81. The zero-order chi connectivity index (χ0) is 13.8. The summed E-state index contributed by atoms with van der Waals surface area (Å²) in [7, 11) is 0. The number of para-hydroxylation sites is 1. The second kappa shape index (κ2) is 5.49. The van der Waals surface area contributed by atoms with E-state index < -0.39 is 18.0 Å². The van der Waals surface area contributed by atoms with Crippen molar-refractivity contribution in [1.29, 1.82) is 0 Å². The van der Waals surface area contributed by atoms with Gasteiger partial charge in [-0.3, -0.25) is 0 Å². The van der Waals surface area contributed by atoms with Crippen LogP contribution >= 0.6 is 0 Å². The fourth-order valence-corrected chi connectivity index (χ4v) is 1.84. The number of benzene rings is 1. The third-order valence-corrected chi connectivity index (χ3v) is 2.79. The largest absolute Gasteiger partial charge is 0.389 e. The zero-order valence-electron chi connectivity index (χ0n) is 10.3. The smallest absolute Gasteiger partial charge is 0.337 e. The Hall–Kier alpha value is -2.40. The molecule has 1 atom stereocenters. The van der Waals surface area contributed by atoms with E-state index in [9.17, 15) is 9.59 Å². The molecule has 98 valence electrons. The molecule has 2 rings (SSSR count). The second-order valence-electron chi connectivity index (χ2n) is 4.11. The van der Waals surface area contributed by atoms with Crippen molar-refractivity contribution < 1.29 is 14.3 Å². The fourth-order valence-electron chi connectivity index (χ4n) is 1.84. The first-order valence-electron chi connectivity index (χ1n) is 5.80. The molecule has 2 aromatic rings. The number of carbonyl (C=O) groups excluding carboxylic acids is 2. The molecule has 0 radical (unpaired) electrons. The summed E-state index contributed by atoms with van der Waals surface area (Å²) in [6.45, 7) is 3.22. The van der Waals surface area contributed by atoms with E-state index >= 15 is 0 Å². The first kappa shape index (κ1) is 13.0. The van der Waals surface area contributed by atoms with E-state index in [-0.39, 0.29) is 0 Å². The van der Waals surface area contributed by atoms with Gasteiger partial charge in [0.05, 0.1) is 0 Å². The molecule has 3 N–H and O–H groups in total. The summed E-state index contributed by atoms with van der Waals surface area (Å²) in [6.07, 6.45) is 3.02. The Morgan fingerprint density at radius 2 is 2.16 bits per heavy atom. The normalized spacial score (nSPS) is 12.1. The molecule has 0 bridgehead atoms. The Bertz CT molecular complexity index is 630. The van der Waals surface area contributed by atoms with E-state index in [0.29, 0.717) is 6.42 Å². The molecular formula is C14H14N2O3. The van der Waals surface area contributed by atoms with E-state index in [2.05, 4.69) is 16.3 Å². The van der Waals surface area contributed by atoms with E-state index in [1.165, 1.54) is 0 Å². The molecule has 1 aromatic heterocycles. The Balaban J connectivity index is 2.10. The summed E-state index contributed by atoms with van der Waals surface area (Å²) in [5.41, 5.74) is 7.61. The van der Waals surface area contributed by atoms with Gasteiger partial charge in [-0.05, 0) is 11.6 Å². The molecule has 0 amide bonds. The lowest BCUT2D eigenvalue weighted by atomic mass is 10.1. The van der Waals surface area contributed by atoms with E-state index in [4.69, 9.17) is 5.73 Å². The zero-order valence-corrected chi connectivity index (χ0v) is 10.3. The van der Waals surface area contributed by atoms with Crippen LogP contribution in [0.5, 0.6) is 0 Å². The average Bonchev–Trinajstić information content (AvgIpc) is 2.82. The lowest BCUT2D eigenvalue weighted by Gasteiger charge is -2.08. The van der Waals surface area contributed by atoms with Gasteiger partial charge in [0.25, 0.3) is 0 Å². The van der Waals surface area contributed by atoms with Crippen molar-refractivity contribution in [3.8, 4) is 0 Å². The Morgan fingerprint density at radius 1 is 1.42 bits per heavy atom. The van der Waals surface area contributed by atoms with Crippen molar-refractivity contribution in [2.24, 2.45) is 5.73 Å². The standard InChI is InChI=1S/C14H14N2O3/c1-2-13(17)19-14(18)11(15)7-9-8-16-12-6-4-3-5-10(9)12/h2-6,8,11,16H,1,7,15H2/t11-/m0/s1. The molecule has 0 fully saturated rings. The molecule has 1 aromatic carbocycles. The first-order chi connectivity index (χ1) is 9.11. The number of H-pyrrole nitrogens is 1. The molecule has 0 saturated carbocycles. The van der Waals surface area contributed by atoms with Crippen LogP contribution in [0.25, 0.3) is 10.9 Å². The van der Waals surface area contributed by atoms with Crippen LogP contribution in [-0.4, -0.2) is 23.0 Å². The van der Waals surface area contributed by atoms with Crippen molar-refractivity contribution >= 4 is 22.8 Å². The van der Waals surface area contributed by atoms with Gasteiger partial charge in [-0.1, -0.05) is 24.8 Å². The first-order valence-corrected chi connectivity index (χ1v) is 5.80. The molecule has 19 heavy (non-hydrogen) atoms. The van der Waals surface area contributed by atoms with Gasteiger partial charge in [-0.2, -0.15) is 0 Å². The summed E-state index contributed by atoms with van der Waals surface area (Å²) in [5.74, 6) is -1.55. The van der Waals surface area contributed by atoms with Crippen LogP contribution in [0.4, 0.5) is 0 Å². The maximum absolute atomic E-state index is 11.5. The summed E-state index contributed by atoms with van der Waals surface area (Å²) < 4.78 is 4.49. The van der Waals surface area contributed by atoms with Gasteiger partial charge in [0.15, 0.2) is 0 Å².